The predicted molar refractivity (Wildman–Crippen MR) is 80.8 cm³/mol. The van der Waals surface area contributed by atoms with Crippen LogP contribution in [-0.2, 0) is 6.54 Å². The number of aromatic nitrogens is 3. The van der Waals surface area contributed by atoms with Gasteiger partial charge in [-0.3, -0.25) is 9.48 Å². The molecule has 0 bridgehead atoms. The summed E-state index contributed by atoms with van der Waals surface area (Å²) in [5, 5.41) is 18.7. The molecule has 1 heterocycles. The van der Waals surface area contributed by atoms with Crippen molar-refractivity contribution in [2.75, 3.05) is 5.32 Å². The normalized spacial score (nSPS) is 10.8. The zero-order valence-electron chi connectivity index (χ0n) is 12.8. The van der Waals surface area contributed by atoms with Gasteiger partial charge < -0.3 is 10.4 Å². The highest BCUT2D eigenvalue weighted by molar-refractivity contribution is 6.02. The molecular weight excluding hydrogens is 303 g/mol. The summed E-state index contributed by atoms with van der Waals surface area (Å²) in [6.45, 7) is 4.79. The maximum atomic E-state index is 13.8. The summed E-state index contributed by atoms with van der Waals surface area (Å²) in [7, 11) is 0. The van der Waals surface area contributed by atoms with E-state index in [9.17, 15) is 14.0 Å². The molecular formula is C15H17FN4O3. The molecule has 7 nitrogen and oxygen atoms in total. The molecule has 0 aliphatic heterocycles. The number of anilines is 1. The molecule has 0 radical (unpaired) electrons. The lowest BCUT2D eigenvalue weighted by molar-refractivity contribution is 0.0696. The molecule has 0 aliphatic rings. The SMILES string of the molecule is CC(C)CCn1cc(C(=O)Nc2ccc(C(=O)O)cc2F)nn1. The minimum Gasteiger partial charge on any atom is -0.478 e. The van der Waals surface area contributed by atoms with Gasteiger partial charge in [-0.15, -0.1) is 5.10 Å². The van der Waals surface area contributed by atoms with E-state index in [1.165, 1.54) is 18.3 Å². The Kier molecular flexibility index (Phi) is 5.05. The van der Waals surface area contributed by atoms with Gasteiger partial charge in [-0.25, -0.2) is 9.18 Å². The number of amides is 1. The summed E-state index contributed by atoms with van der Waals surface area (Å²) in [5.74, 6) is -2.18. The number of halogens is 1. The molecule has 0 saturated heterocycles. The van der Waals surface area contributed by atoms with Gasteiger partial charge in [0.25, 0.3) is 5.91 Å². The number of nitrogens with zero attached hydrogens (tertiary/aromatic N) is 3. The minimum atomic E-state index is -1.24. The lowest BCUT2D eigenvalue weighted by atomic mass is 10.1. The quantitative estimate of drug-likeness (QED) is 0.852. The van der Waals surface area contributed by atoms with Crippen molar-refractivity contribution in [2.24, 2.45) is 5.92 Å². The standard InChI is InChI=1S/C15H17FN4O3/c1-9(2)5-6-20-8-13(18-19-20)14(21)17-12-4-3-10(15(22)23)7-11(12)16/h3-4,7-9H,5-6H2,1-2H3,(H,17,21)(H,22,23). The Morgan fingerprint density at radius 2 is 2.13 bits per heavy atom. The second-order valence-electron chi connectivity index (χ2n) is 5.50. The number of hydrogen-bond donors (Lipinski definition) is 2. The van der Waals surface area contributed by atoms with Crippen LogP contribution < -0.4 is 5.32 Å². The number of carbonyl (C=O) groups is 2. The van der Waals surface area contributed by atoms with Crippen LogP contribution in [0.4, 0.5) is 10.1 Å². The molecule has 122 valence electrons. The van der Waals surface area contributed by atoms with Crippen molar-refractivity contribution in [1.82, 2.24) is 15.0 Å². The Hall–Kier alpha value is -2.77. The average molecular weight is 320 g/mol. The van der Waals surface area contributed by atoms with E-state index < -0.39 is 17.7 Å². The Labute approximate surface area is 132 Å². The van der Waals surface area contributed by atoms with Crippen LogP contribution in [0.5, 0.6) is 0 Å². The highest BCUT2D eigenvalue weighted by Gasteiger charge is 2.15. The van der Waals surface area contributed by atoms with Gasteiger partial charge in [0.05, 0.1) is 17.4 Å². The molecule has 2 N–H and O–H groups in total. The molecule has 8 heteroatoms. The smallest absolute Gasteiger partial charge is 0.335 e. The van der Waals surface area contributed by atoms with Gasteiger partial charge in [-0.05, 0) is 30.5 Å². The van der Waals surface area contributed by atoms with Gasteiger partial charge in [-0.2, -0.15) is 0 Å². The molecule has 0 atom stereocenters. The first-order valence-electron chi connectivity index (χ1n) is 7.11. The van der Waals surface area contributed by atoms with Gasteiger partial charge in [0.15, 0.2) is 5.69 Å². The summed E-state index contributed by atoms with van der Waals surface area (Å²) in [5.41, 5.74) is -0.243. The van der Waals surface area contributed by atoms with Crippen LogP contribution in [0.2, 0.25) is 0 Å². The largest absolute Gasteiger partial charge is 0.478 e. The number of hydrogen-bond acceptors (Lipinski definition) is 4. The van der Waals surface area contributed by atoms with Crippen molar-refractivity contribution in [2.45, 2.75) is 26.8 Å². The zero-order chi connectivity index (χ0) is 17.0. The maximum Gasteiger partial charge on any atom is 0.335 e. The number of carboxylic acid groups (broad SMARTS) is 1. The molecule has 2 rings (SSSR count). The number of carbonyl (C=O) groups excluding carboxylic acids is 1. The first-order chi connectivity index (χ1) is 10.9. The number of carboxylic acids is 1. The zero-order valence-corrected chi connectivity index (χ0v) is 12.8. The fourth-order valence-corrected chi connectivity index (χ4v) is 1.84. The van der Waals surface area contributed by atoms with Crippen LogP contribution in [0.15, 0.2) is 24.4 Å². The van der Waals surface area contributed by atoms with Crippen LogP contribution in [0.3, 0.4) is 0 Å². The number of benzene rings is 1. The molecule has 0 aliphatic carbocycles. The topological polar surface area (TPSA) is 97.1 Å². The summed E-state index contributed by atoms with van der Waals surface area (Å²) in [6.07, 6.45) is 2.39. The molecule has 0 spiro atoms. The highest BCUT2D eigenvalue weighted by Crippen LogP contribution is 2.16. The molecule has 0 saturated carbocycles. The van der Waals surface area contributed by atoms with E-state index in [-0.39, 0.29) is 16.9 Å². The Bertz CT molecular complexity index is 727. The maximum absolute atomic E-state index is 13.8. The van der Waals surface area contributed by atoms with Crippen LogP contribution in [0, 0.1) is 11.7 Å². The summed E-state index contributed by atoms with van der Waals surface area (Å²) >= 11 is 0. The van der Waals surface area contributed by atoms with Gasteiger partial charge in [0.2, 0.25) is 0 Å². The monoisotopic (exact) mass is 320 g/mol. The lowest BCUT2D eigenvalue weighted by Crippen LogP contribution is -2.14. The van der Waals surface area contributed by atoms with Gasteiger partial charge in [-0.1, -0.05) is 19.1 Å². The van der Waals surface area contributed by atoms with E-state index in [2.05, 4.69) is 29.5 Å². The van der Waals surface area contributed by atoms with Crippen molar-refractivity contribution < 1.29 is 19.1 Å². The fourth-order valence-electron chi connectivity index (χ4n) is 1.84. The number of aryl methyl sites for hydroxylation is 1. The van der Waals surface area contributed by atoms with Crippen molar-refractivity contribution in [1.29, 1.82) is 0 Å². The van der Waals surface area contributed by atoms with E-state index >= 15 is 0 Å². The summed E-state index contributed by atoms with van der Waals surface area (Å²) < 4.78 is 15.3. The highest BCUT2D eigenvalue weighted by atomic mass is 19.1. The third kappa shape index (κ3) is 4.35. The fraction of sp³-hybridized carbons (Fsp3) is 0.333. The van der Waals surface area contributed by atoms with E-state index in [1.807, 2.05) is 0 Å². The van der Waals surface area contributed by atoms with Gasteiger partial charge >= 0.3 is 5.97 Å². The molecule has 1 aromatic heterocycles. The molecule has 23 heavy (non-hydrogen) atoms. The molecule has 0 unspecified atom stereocenters. The molecule has 2 aromatic rings. The van der Waals surface area contributed by atoms with Crippen LogP contribution in [0.1, 0.15) is 41.1 Å². The first-order valence-corrected chi connectivity index (χ1v) is 7.11. The van der Waals surface area contributed by atoms with E-state index in [4.69, 9.17) is 5.11 Å². The lowest BCUT2D eigenvalue weighted by Gasteiger charge is -2.05. The van der Waals surface area contributed by atoms with Crippen LogP contribution in [0.25, 0.3) is 0 Å². The second-order valence-corrected chi connectivity index (χ2v) is 5.50. The molecule has 0 fully saturated rings. The van der Waals surface area contributed by atoms with Crippen LogP contribution in [-0.4, -0.2) is 32.0 Å². The number of nitrogens with one attached hydrogen (secondary N) is 1. The predicted octanol–water partition coefficient (Wildman–Crippen LogP) is 2.41. The van der Waals surface area contributed by atoms with Crippen molar-refractivity contribution in [3.63, 3.8) is 0 Å². The van der Waals surface area contributed by atoms with E-state index in [0.717, 1.165) is 12.5 Å². The number of rotatable bonds is 6. The third-order valence-corrected chi connectivity index (χ3v) is 3.17. The third-order valence-electron chi connectivity index (χ3n) is 3.17. The number of aromatic carboxylic acids is 1. The Morgan fingerprint density at radius 1 is 1.39 bits per heavy atom. The van der Waals surface area contributed by atoms with Gasteiger partial charge in [0.1, 0.15) is 5.82 Å². The Morgan fingerprint density at radius 3 is 2.74 bits per heavy atom. The van der Waals surface area contributed by atoms with E-state index in [0.29, 0.717) is 12.5 Å². The van der Waals surface area contributed by atoms with Crippen molar-refractivity contribution >= 4 is 17.6 Å². The summed E-state index contributed by atoms with van der Waals surface area (Å²) in [6, 6.07) is 3.25. The first kappa shape index (κ1) is 16.6. The van der Waals surface area contributed by atoms with Crippen LogP contribution >= 0.6 is 0 Å². The molecule has 1 aromatic carbocycles. The average Bonchev–Trinajstić information content (AvgIpc) is 2.96. The second kappa shape index (κ2) is 6.99. The van der Waals surface area contributed by atoms with Crippen molar-refractivity contribution in [3.8, 4) is 0 Å². The summed E-state index contributed by atoms with van der Waals surface area (Å²) in [4.78, 5) is 22.8. The van der Waals surface area contributed by atoms with Crippen molar-refractivity contribution in [3.05, 3.63) is 41.5 Å². The van der Waals surface area contributed by atoms with Gasteiger partial charge in [0, 0.05) is 6.54 Å². The minimum absolute atomic E-state index is 0.0652. The van der Waals surface area contributed by atoms with E-state index in [1.54, 1.807) is 4.68 Å². The Balaban J connectivity index is 2.06. The molecule has 1 amide bonds.